The van der Waals surface area contributed by atoms with E-state index in [-0.39, 0.29) is 17.2 Å². The predicted octanol–water partition coefficient (Wildman–Crippen LogP) is -0.595. The van der Waals surface area contributed by atoms with Gasteiger partial charge in [0.05, 0.1) is 0 Å². The summed E-state index contributed by atoms with van der Waals surface area (Å²) >= 11 is 0. The molecule has 13 heavy (non-hydrogen) atoms. The quantitative estimate of drug-likeness (QED) is 0.605. The van der Waals surface area contributed by atoms with Crippen LogP contribution in [0, 0.1) is 0 Å². The predicted molar refractivity (Wildman–Crippen MR) is 42.2 cm³/mol. The van der Waals surface area contributed by atoms with Gasteiger partial charge in [0.2, 0.25) is 0 Å². The number of nitrogen functional groups attached to an aromatic ring is 1. The van der Waals surface area contributed by atoms with Crippen LogP contribution in [0.25, 0.3) is 5.78 Å². The number of fused-ring (bicyclic) bond motifs is 1. The summed E-state index contributed by atoms with van der Waals surface area (Å²) in [5.41, 5.74) is 5.46. The highest BCUT2D eigenvalue weighted by atomic mass is 16.4. The van der Waals surface area contributed by atoms with Crippen molar-refractivity contribution in [3.05, 3.63) is 18.1 Å². The third kappa shape index (κ3) is 0.975. The smallest absolute Gasteiger partial charge is 0.340 e. The SMILES string of the molecule is Nc1c(C(=O)O)cnc2nncn12. The Balaban J connectivity index is 2.80. The van der Waals surface area contributed by atoms with Gasteiger partial charge < -0.3 is 10.8 Å². The van der Waals surface area contributed by atoms with E-state index in [2.05, 4.69) is 15.2 Å². The van der Waals surface area contributed by atoms with Crippen molar-refractivity contribution in [3.63, 3.8) is 0 Å². The van der Waals surface area contributed by atoms with Crippen molar-refractivity contribution in [2.45, 2.75) is 0 Å². The van der Waals surface area contributed by atoms with Crippen molar-refractivity contribution in [2.75, 3.05) is 5.73 Å². The van der Waals surface area contributed by atoms with Crippen LogP contribution in [0.2, 0.25) is 0 Å². The molecular formula is C6H5N5O2. The van der Waals surface area contributed by atoms with E-state index in [0.29, 0.717) is 0 Å². The molecule has 66 valence electrons. The highest BCUT2D eigenvalue weighted by molar-refractivity contribution is 5.92. The summed E-state index contributed by atoms with van der Waals surface area (Å²) in [6.07, 6.45) is 2.46. The fraction of sp³-hybridized carbons (Fsp3) is 0. The number of hydrogen-bond acceptors (Lipinski definition) is 5. The fourth-order valence-corrected chi connectivity index (χ4v) is 0.970. The van der Waals surface area contributed by atoms with Crippen LogP contribution in [-0.2, 0) is 0 Å². The van der Waals surface area contributed by atoms with E-state index in [4.69, 9.17) is 10.8 Å². The standard InChI is InChI=1S/C6H5N5O2/c7-4-3(5(12)13)1-8-6-10-9-2-11(4)6/h1-2H,7H2,(H,12,13). The number of aromatic nitrogens is 4. The van der Waals surface area contributed by atoms with Crippen LogP contribution in [0.1, 0.15) is 10.4 Å². The van der Waals surface area contributed by atoms with Crippen molar-refractivity contribution < 1.29 is 9.90 Å². The third-order valence-corrected chi connectivity index (χ3v) is 1.60. The minimum atomic E-state index is -1.12. The average Bonchev–Trinajstić information content (AvgIpc) is 2.52. The van der Waals surface area contributed by atoms with Crippen LogP contribution in [0.15, 0.2) is 12.5 Å². The number of carbonyl (C=O) groups is 1. The summed E-state index contributed by atoms with van der Waals surface area (Å²) in [6.45, 7) is 0. The first-order valence-electron chi connectivity index (χ1n) is 3.37. The third-order valence-electron chi connectivity index (χ3n) is 1.60. The number of aromatic carboxylic acids is 1. The minimum absolute atomic E-state index is 0.0627. The van der Waals surface area contributed by atoms with E-state index in [0.717, 1.165) is 6.20 Å². The Hall–Kier alpha value is -2.18. The Kier molecular flexibility index (Phi) is 1.38. The lowest BCUT2D eigenvalue weighted by Crippen LogP contribution is -2.08. The molecule has 0 radical (unpaired) electrons. The first-order chi connectivity index (χ1) is 6.20. The van der Waals surface area contributed by atoms with Gasteiger partial charge in [-0.2, -0.15) is 0 Å². The van der Waals surface area contributed by atoms with Gasteiger partial charge >= 0.3 is 5.97 Å². The lowest BCUT2D eigenvalue weighted by molar-refractivity contribution is 0.0697. The molecule has 0 unspecified atom stereocenters. The maximum Gasteiger partial charge on any atom is 0.340 e. The number of hydrogen-bond donors (Lipinski definition) is 2. The molecule has 2 heterocycles. The molecule has 3 N–H and O–H groups in total. The van der Waals surface area contributed by atoms with E-state index in [1.165, 1.54) is 10.7 Å². The molecule has 0 spiro atoms. The molecule has 0 aliphatic carbocycles. The lowest BCUT2D eigenvalue weighted by Gasteiger charge is -2.00. The molecule has 2 rings (SSSR count). The number of rotatable bonds is 1. The summed E-state index contributed by atoms with van der Waals surface area (Å²) in [4.78, 5) is 14.4. The van der Waals surface area contributed by atoms with Gasteiger partial charge in [0, 0.05) is 6.20 Å². The Labute approximate surface area is 71.8 Å². The van der Waals surface area contributed by atoms with Gasteiger partial charge in [0.1, 0.15) is 17.7 Å². The molecule has 0 bridgehead atoms. The van der Waals surface area contributed by atoms with Crippen molar-refractivity contribution in [2.24, 2.45) is 0 Å². The molecule has 0 aliphatic rings. The Morgan fingerprint density at radius 2 is 2.38 bits per heavy atom. The summed E-state index contributed by atoms with van der Waals surface area (Å²) in [5.74, 6) is -0.773. The second kappa shape index (κ2) is 2.41. The number of nitrogens with two attached hydrogens (primary N) is 1. The van der Waals surface area contributed by atoms with E-state index in [9.17, 15) is 4.79 Å². The molecule has 0 aliphatic heterocycles. The highest BCUT2D eigenvalue weighted by Crippen LogP contribution is 2.10. The number of anilines is 1. The normalized spacial score (nSPS) is 10.5. The van der Waals surface area contributed by atoms with Crippen LogP contribution in [-0.4, -0.2) is 30.7 Å². The second-order valence-electron chi connectivity index (χ2n) is 2.36. The zero-order chi connectivity index (χ0) is 9.42. The van der Waals surface area contributed by atoms with Gasteiger partial charge in [-0.25, -0.2) is 9.78 Å². The van der Waals surface area contributed by atoms with Gasteiger partial charge in [-0.05, 0) is 0 Å². The molecular weight excluding hydrogens is 174 g/mol. The molecule has 2 aromatic heterocycles. The van der Waals surface area contributed by atoms with Crippen molar-refractivity contribution in [3.8, 4) is 0 Å². The largest absolute Gasteiger partial charge is 0.478 e. The highest BCUT2D eigenvalue weighted by Gasteiger charge is 2.11. The summed E-state index contributed by atoms with van der Waals surface area (Å²) in [7, 11) is 0. The summed E-state index contributed by atoms with van der Waals surface area (Å²) < 4.78 is 1.31. The van der Waals surface area contributed by atoms with Gasteiger partial charge in [-0.1, -0.05) is 0 Å². The topological polar surface area (TPSA) is 106 Å². The molecule has 0 fully saturated rings. The Bertz CT molecular complexity index is 477. The molecule has 0 amide bonds. The number of nitrogens with zero attached hydrogens (tertiary/aromatic N) is 4. The molecule has 0 saturated heterocycles. The zero-order valence-electron chi connectivity index (χ0n) is 6.38. The fourth-order valence-electron chi connectivity index (χ4n) is 0.970. The molecule has 0 saturated carbocycles. The maximum atomic E-state index is 10.6. The minimum Gasteiger partial charge on any atom is -0.478 e. The Morgan fingerprint density at radius 1 is 1.62 bits per heavy atom. The monoisotopic (exact) mass is 179 g/mol. The maximum absolute atomic E-state index is 10.6. The van der Waals surface area contributed by atoms with Gasteiger partial charge in [0.25, 0.3) is 5.78 Å². The van der Waals surface area contributed by atoms with E-state index in [1.807, 2.05) is 0 Å². The Morgan fingerprint density at radius 3 is 3.08 bits per heavy atom. The van der Waals surface area contributed by atoms with Gasteiger partial charge in [-0.15, -0.1) is 10.2 Å². The van der Waals surface area contributed by atoms with Crippen molar-refractivity contribution >= 4 is 17.6 Å². The summed E-state index contributed by atoms with van der Waals surface area (Å²) in [5, 5.41) is 15.8. The average molecular weight is 179 g/mol. The van der Waals surface area contributed by atoms with E-state index >= 15 is 0 Å². The number of carboxylic acids is 1. The van der Waals surface area contributed by atoms with Crippen molar-refractivity contribution in [1.82, 2.24) is 19.6 Å². The first kappa shape index (κ1) is 7.47. The zero-order valence-corrected chi connectivity index (χ0v) is 6.38. The molecule has 0 atom stereocenters. The van der Waals surface area contributed by atoms with Crippen molar-refractivity contribution in [1.29, 1.82) is 0 Å². The summed E-state index contributed by atoms with van der Waals surface area (Å²) in [6, 6.07) is 0. The second-order valence-corrected chi connectivity index (χ2v) is 2.36. The van der Waals surface area contributed by atoms with E-state index < -0.39 is 5.97 Å². The van der Waals surface area contributed by atoms with Crippen LogP contribution < -0.4 is 5.73 Å². The molecule has 2 aromatic rings. The lowest BCUT2D eigenvalue weighted by atomic mass is 10.3. The molecule has 0 aromatic carbocycles. The van der Waals surface area contributed by atoms with Crippen LogP contribution in [0.3, 0.4) is 0 Å². The van der Waals surface area contributed by atoms with Crippen LogP contribution in [0.5, 0.6) is 0 Å². The van der Waals surface area contributed by atoms with E-state index in [1.54, 1.807) is 0 Å². The number of carboxylic acid groups (broad SMARTS) is 1. The van der Waals surface area contributed by atoms with Crippen LogP contribution >= 0.6 is 0 Å². The first-order valence-corrected chi connectivity index (χ1v) is 3.37. The van der Waals surface area contributed by atoms with Crippen LogP contribution in [0.4, 0.5) is 5.82 Å². The van der Waals surface area contributed by atoms with Gasteiger partial charge in [0.15, 0.2) is 0 Å². The molecule has 7 nitrogen and oxygen atoms in total. The van der Waals surface area contributed by atoms with Gasteiger partial charge in [-0.3, -0.25) is 4.40 Å². The molecule has 7 heteroatoms.